The molecule has 0 N–H and O–H groups in total. The van der Waals surface area contributed by atoms with E-state index in [0.717, 1.165) is 23.7 Å². The van der Waals surface area contributed by atoms with Crippen molar-refractivity contribution in [2.45, 2.75) is 78.1 Å². The van der Waals surface area contributed by atoms with Crippen LogP contribution in [-0.2, 0) is 0 Å². The van der Waals surface area contributed by atoms with Gasteiger partial charge in [0.1, 0.15) is 0 Å². The quantitative estimate of drug-likeness (QED) is 0.405. The smallest absolute Gasteiger partial charge is 0.0234 e. The molecule has 0 aromatic carbocycles. The largest absolute Gasteiger partial charge is 0.0914 e. The maximum absolute atomic E-state index is 2.46. The van der Waals surface area contributed by atoms with Gasteiger partial charge in [0.2, 0.25) is 0 Å². The maximum atomic E-state index is 2.46. The van der Waals surface area contributed by atoms with Crippen molar-refractivity contribution in [3.8, 4) is 0 Å². The average molecular weight is 274 g/mol. The van der Waals surface area contributed by atoms with E-state index in [1.807, 2.05) is 0 Å². The molecular weight excluding hydrogens is 240 g/mol. The van der Waals surface area contributed by atoms with E-state index in [9.17, 15) is 0 Å². The van der Waals surface area contributed by atoms with Gasteiger partial charge in [-0.15, -0.1) is 0 Å². The van der Waals surface area contributed by atoms with Crippen LogP contribution in [0.5, 0.6) is 0 Å². The van der Waals surface area contributed by atoms with Crippen molar-refractivity contribution in [3.05, 3.63) is 24.3 Å². The first-order chi connectivity index (χ1) is 9.83. The highest BCUT2D eigenvalue weighted by molar-refractivity contribution is 4.91. The zero-order valence-electron chi connectivity index (χ0n) is 13.7. The molecule has 4 atom stereocenters. The fourth-order valence-corrected chi connectivity index (χ4v) is 4.59. The minimum Gasteiger partial charge on any atom is -0.0914 e. The van der Waals surface area contributed by atoms with Crippen LogP contribution in [0.4, 0.5) is 0 Å². The fourth-order valence-electron chi connectivity index (χ4n) is 4.59. The van der Waals surface area contributed by atoms with Gasteiger partial charge in [0.05, 0.1) is 0 Å². The van der Waals surface area contributed by atoms with E-state index >= 15 is 0 Å². The van der Waals surface area contributed by atoms with E-state index in [1.165, 1.54) is 64.2 Å². The minimum atomic E-state index is 0.881. The molecule has 0 spiro atoms. The molecule has 0 aliphatic heterocycles. The molecule has 20 heavy (non-hydrogen) atoms. The molecular formula is C20H34. The first-order valence-electron chi connectivity index (χ1n) is 9.09. The predicted octanol–water partition coefficient (Wildman–Crippen LogP) is 6.53. The van der Waals surface area contributed by atoms with E-state index in [1.54, 1.807) is 0 Å². The zero-order chi connectivity index (χ0) is 14.2. The van der Waals surface area contributed by atoms with Crippen molar-refractivity contribution in [3.63, 3.8) is 0 Å². The lowest BCUT2D eigenvalue weighted by atomic mass is 9.81. The summed E-state index contributed by atoms with van der Waals surface area (Å²) in [4.78, 5) is 0. The molecule has 0 aromatic rings. The average Bonchev–Trinajstić information content (AvgIpc) is 2.80. The summed E-state index contributed by atoms with van der Waals surface area (Å²) < 4.78 is 0. The SMILES string of the molecule is C/C=C/C1CCCC(C2CCCC(/C=C/C)CC2)CC1. The maximum Gasteiger partial charge on any atom is -0.0234 e. The van der Waals surface area contributed by atoms with Crippen molar-refractivity contribution in [1.29, 1.82) is 0 Å². The molecule has 0 heteroatoms. The summed E-state index contributed by atoms with van der Waals surface area (Å²) >= 11 is 0. The standard InChI is InChI=1S/C20H34/c1-3-7-17-9-5-11-19(15-13-17)20-12-6-10-18(8-4-2)14-16-20/h3-4,7-8,17-20H,5-6,9-16H2,1-2H3/b7-3+,8-4+. The van der Waals surface area contributed by atoms with Crippen molar-refractivity contribution in [1.82, 2.24) is 0 Å². The Morgan fingerprint density at radius 3 is 1.40 bits per heavy atom. The van der Waals surface area contributed by atoms with Crippen molar-refractivity contribution < 1.29 is 0 Å². The van der Waals surface area contributed by atoms with Crippen LogP contribution in [-0.4, -0.2) is 0 Å². The Bertz CT molecular complexity index is 280. The summed E-state index contributed by atoms with van der Waals surface area (Å²) in [6, 6.07) is 0. The van der Waals surface area contributed by atoms with Gasteiger partial charge >= 0.3 is 0 Å². The second-order valence-corrected chi connectivity index (χ2v) is 7.11. The third-order valence-corrected chi connectivity index (χ3v) is 5.71. The number of hydrogen-bond donors (Lipinski definition) is 0. The van der Waals surface area contributed by atoms with E-state index in [2.05, 4.69) is 38.2 Å². The van der Waals surface area contributed by atoms with Gasteiger partial charge in [-0.1, -0.05) is 50.0 Å². The van der Waals surface area contributed by atoms with E-state index in [-0.39, 0.29) is 0 Å². The van der Waals surface area contributed by atoms with E-state index < -0.39 is 0 Å². The lowest BCUT2D eigenvalue weighted by Crippen LogP contribution is -2.14. The Morgan fingerprint density at radius 1 is 0.550 bits per heavy atom. The monoisotopic (exact) mass is 274 g/mol. The van der Waals surface area contributed by atoms with Gasteiger partial charge in [-0.2, -0.15) is 0 Å². The Labute approximate surface area is 126 Å². The Kier molecular flexibility index (Phi) is 6.90. The molecule has 114 valence electrons. The summed E-state index contributed by atoms with van der Waals surface area (Å²) in [6.45, 7) is 4.35. The molecule has 0 nitrogen and oxygen atoms in total. The van der Waals surface area contributed by atoms with Crippen LogP contribution in [0.15, 0.2) is 24.3 Å². The van der Waals surface area contributed by atoms with Gasteiger partial charge in [-0.3, -0.25) is 0 Å². The third kappa shape index (κ3) is 4.79. The van der Waals surface area contributed by atoms with Gasteiger partial charge in [0.15, 0.2) is 0 Å². The summed E-state index contributed by atoms with van der Waals surface area (Å²) in [5.41, 5.74) is 0. The van der Waals surface area contributed by atoms with Crippen molar-refractivity contribution >= 4 is 0 Å². The predicted molar refractivity (Wildman–Crippen MR) is 89.8 cm³/mol. The molecule has 0 aromatic heterocycles. The van der Waals surface area contributed by atoms with Gasteiger partial charge in [-0.25, -0.2) is 0 Å². The highest BCUT2D eigenvalue weighted by atomic mass is 14.3. The molecule has 2 aliphatic carbocycles. The molecule has 0 radical (unpaired) electrons. The summed E-state index contributed by atoms with van der Waals surface area (Å²) in [5, 5.41) is 0. The Morgan fingerprint density at radius 2 is 1.00 bits per heavy atom. The normalized spacial score (nSPS) is 37.1. The highest BCUT2D eigenvalue weighted by Gasteiger charge is 2.27. The van der Waals surface area contributed by atoms with Crippen LogP contribution in [0.3, 0.4) is 0 Å². The van der Waals surface area contributed by atoms with Crippen LogP contribution in [0.2, 0.25) is 0 Å². The topological polar surface area (TPSA) is 0 Å². The van der Waals surface area contributed by atoms with Crippen LogP contribution in [0, 0.1) is 23.7 Å². The molecule has 0 saturated heterocycles. The molecule has 2 saturated carbocycles. The van der Waals surface area contributed by atoms with Crippen molar-refractivity contribution in [2.75, 3.05) is 0 Å². The second-order valence-electron chi connectivity index (χ2n) is 7.11. The first kappa shape index (κ1) is 15.9. The van der Waals surface area contributed by atoms with Gasteiger partial charge < -0.3 is 0 Å². The molecule has 2 aliphatic rings. The van der Waals surface area contributed by atoms with Gasteiger partial charge in [0, 0.05) is 0 Å². The van der Waals surface area contributed by atoms with Crippen LogP contribution >= 0.6 is 0 Å². The molecule has 2 fully saturated rings. The number of hydrogen-bond acceptors (Lipinski definition) is 0. The fraction of sp³-hybridized carbons (Fsp3) is 0.800. The first-order valence-corrected chi connectivity index (χ1v) is 9.09. The van der Waals surface area contributed by atoms with Gasteiger partial charge in [0.25, 0.3) is 0 Å². The van der Waals surface area contributed by atoms with Crippen LogP contribution in [0.25, 0.3) is 0 Å². The number of rotatable bonds is 3. The molecule has 4 unspecified atom stereocenters. The third-order valence-electron chi connectivity index (χ3n) is 5.71. The lowest BCUT2D eigenvalue weighted by molar-refractivity contribution is 0.266. The zero-order valence-corrected chi connectivity index (χ0v) is 13.7. The second kappa shape index (κ2) is 8.70. The Hall–Kier alpha value is -0.520. The molecule has 0 bridgehead atoms. The molecule has 0 heterocycles. The highest BCUT2D eigenvalue weighted by Crippen LogP contribution is 2.39. The van der Waals surface area contributed by atoms with E-state index in [4.69, 9.17) is 0 Å². The minimum absolute atomic E-state index is 0.881. The van der Waals surface area contributed by atoms with Crippen LogP contribution in [0.1, 0.15) is 78.1 Å². The van der Waals surface area contributed by atoms with Gasteiger partial charge in [-0.05, 0) is 76.0 Å². The Balaban J connectivity index is 1.85. The van der Waals surface area contributed by atoms with Crippen molar-refractivity contribution in [2.24, 2.45) is 23.7 Å². The van der Waals surface area contributed by atoms with E-state index in [0.29, 0.717) is 0 Å². The number of allylic oxidation sites excluding steroid dienone is 4. The van der Waals surface area contributed by atoms with Crippen LogP contribution < -0.4 is 0 Å². The summed E-state index contributed by atoms with van der Waals surface area (Å²) in [7, 11) is 0. The molecule has 0 amide bonds. The molecule has 2 rings (SSSR count). The lowest BCUT2D eigenvalue weighted by Gasteiger charge is -2.25. The summed E-state index contributed by atoms with van der Waals surface area (Å²) in [5.74, 6) is 3.84. The summed E-state index contributed by atoms with van der Waals surface area (Å²) in [6.07, 6.45) is 24.1.